The maximum absolute atomic E-state index is 12.4. The van der Waals surface area contributed by atoms with Gasteiger partial charge < -0.3 is 10.4 Å². The van der Waals surface area contributed by atoms with Crippen molar-refractivity contribution in [3.8, 4) is 11.8 Å². The Kier molecular flexibility index (Phi) is 5.99. The summed E-state index contributed by atoms with van der Waals surface area (Å²) < 4.78 is 0. The highest BCUT2D eigenvalue weighted by atomic mass is 35.5. The third-order valence-corrected chi connectivity index (χ3v) is 4.59. The number of carbonyl (C=O) groups is 1. The Labute approximate surface area is 150 Å². The Morgan fingerprint density at radius 3 is 2.76 bits per heavy atom. The zero-order chi connectivity index (χ0) is 18.6. The van der Waals surface area contributed by atoms with Crippen LogP contribution in [0.25, 0.3) is 6.08 Å². The number of nitro benzene ring substituents is 1. The van der Waals surface area contributed by atoms with Crippen molar-refractivity contribution in [3.63, 3.8) is 0 Å². The van der Waals surface area contributed by atoms with Crippen LogP contribution in [0.3, 0.4) is 0 Å². The number of nitrogens with zero attached hydrogens (tertiary/aromatic N) is 2. The molecule has 0 saturated heterocycles. The zero-order valence-electron chi connectivity index (χ0n) is 13.7. The van der Waals surface area contributed by atoms with E-state index in [1.165, 1.54) is 6.07 Å². The van der Waals surface area contributed by atoms with Gasteiger partial charge in [-0.05, 0) is 30.9 Å². The number of nitriles is 1. The van der Waals surface area contributed by atoms with Crippen LogP contribution in [0.2, 0.25) is 5.02 Å². The van der Waals surface area contributed by atoms with Crippen molar-refractivity contribution in [3.05, 3.63) is 38.4 Å². The van der Waals surface area contributed by atoms with Crippen molar-refractivity contribution in [2.45, 2.75) is 38.6 Å². The summed E-state index contributed by atoms with van der Waals surface area (Å²) >= 11 is 5.82. The summed E-state index contributed by atoms with van der Waals surface area (Å²) in [6.07, 6.45) is 5.10. The molecule has 25 heavy (non-hydrogen) atoms. The van der Waals surface area contributed by atoms with Crippen LogP contribution in [0.1, 0.15) is 38.2 Å². The number of nitro groups is 1. The lowest BCUT2D eigenvalue weighted by Crippen LogP contribution is -2.41. The lowest BCUT2D eigenvalue weighted by atomic mass is 9.86. The fraction of sp³-hybridized carbons (Fsp3) is 0.412. The van der Waals surface area contributed by atoms with Gasteiger partial charge in [0.05, 0.1) is 4.92 Å². The van der Waals surface area contributed by atoms with Crippen molar-refractivity contribution < 1.29 is 14.8 Å². The third-order valence-electron chi connectivity index (χ3n) is 4.37. The largest absolute Gasteiger partial charge is 0.502 e. The predicted octanol–water partition coefficient (Wildman–Crippen LogP) is 3.56. The van der Waals surface area contributed by atoms with Gasteiger partial charge >= 0.3 is 5.69 Å². The number of hydrogen-bond donors (Lipinski definition) is 2. The number of amides is 1. The topological polar surface area (TPSA) is 116 Å². The molecule has 2 atom stereocenters. The molecule has 1 fully saturated rings. The molecule has 1 aliphatic rings. The molecule has 2 unspecified atom stereocenters. The lowest BCUT2D eigenvalue weighted by molar-refractivity contribution is -0.385. The molecule has 2 N–H and O–H groups in total. The van der Waals surface area contributed by atoms with Crippen molar-refractivity contribution in [2.75, 3.05) is 0 Å². The second-order valence-corrected chi connectivity index (χ2v) is 6.57. The molecule has 1 aliphatic carbocycles. The van der Waals surface area contributed by atoms with E-state index in [4.69, 9.17) is 11.6 Å². The smallest absolute Gasteiger partial charge is 0.312 e. The molecular weight excluding hydrogens is 346 g/mol. The number of nitrogens with one attached hydrogen (secondary N) is 1. The van der Waals surface area contributed by atoms with Gasteiger partial charge in [0.2, 0.25) is 5.75 Å². The van der Waals surface area contributed by atoms with E-state index in [2.05, 4.69) is 5.32 Å². The lowest BCUT2D eigenvalue weighted by Gasteiger charge is -2.29. The van der Waals surface area contributed by atoms with Gasteiger partial charge in [0, 0.05) is 22.7 Å². The number of benzene rings is 1. The maximum atomic E-state index is 12.4. The van der Waals surface area contributed by atoms with Gasteiger partial charge in [0.1, 0.15) is 11.6 Å². The monoisotopic (exact) mass is 363 g/mol. The van der Waals surface area contributed by atoms with Gasteiger partial charge in [0.25, 0.3) is 5.91 Å². The van der Waals surface area contributed by atoms with Gasteiger partial charge in [0.15, 0.2) is 0 Å². The minimum absolute atomic E-state index is 0.0136. The van der Waals surface area contributed by atoms with Crippen molar-refractivity contribution in [1.82, 2.24) is 5.32 Å². The zero-order valence-corrected chi connectivity index (χ0v) is 14.4. The van der Waals surface area contributed by atoms with Crippen molar-refractivity contribution >= 4 is 29.3 Å². The van der Waals surface area contributed by atoms with Gasteiger partial charge in [-0.1, -0.05) is 31.4 Å². The van der Waals surface area contributed by atoms with Crippen LogP contribution in [-0.2, 0) is 4.79 Å². The van der Waals surface area contributed by atoms with E-state index in [1.807, 2.05) is 6.92 Å². The maximum Gasteiger partial charge on any atom is 0.312 e. The quantitative estimate of drug-likeness (QED) is 0.367. The number of aromatic hydroxyl groups is 1. The molecule has 1 amide bonds. The molecular formula is C17H18ClN3O4. The van der Waals surface area contributed by atoms with Gasteiger partial charge in [-0.3, -0.25) is 14.9 Å². The van der Waals surface area contributed by atoms with Crippen molar-refractivity contribution in [1.29, 1.82) is 5.26 Å². The molecule has 0 aromatic heterocycles. The highest BCUT2D eigenvalue weighted by Gasteiger charge is 2.25. The molecule has 1 aromatic rings. The Hall–Kier alpha value is -2.59. The second-order valence-electron chi connectivity index (χ2n) is 6.13. The summed E-state index contributed by atoms with van der Waals surface area (Å²) in [6.45, 7) is 2.05. The SMILES string of the molecule is CC1CCCCC1NC(=O)/C(C#N)=C/c1cc(Cl)cc([N+](=O)[O-])c1O. The van der Waals surface area contributed by atoms with Crippen LogP contribution in [0.15, 0.2) is 17.7 Å². The first-order valence-corrected chi connectivity index (χ1v) is 8.30. The fourth-order valence-corrected chi connectivity index (χ4v) is 3.16. The second kappa shape index (κ2) is 7.99. The molecule has 1 aromatic carbocycles. The summed E-state index contributed by atoms with van der Waals surface area (Å²) in [4.78, 5) is 22.5. The Balaban J connectivity index is 2.29. The molecule has 0 spiro atoms. The molecule has 0 heterocycles. The first-order valence-electron chi connectivity index (χ1n) is 7.93. The molecule has 1 saturated carbocycles. The summed E-state index contributed by atoms with van der Waals surface area (Å²) in [5.74, 6) is -0.887. The molecule has 0 bridgehead atoms. The minimum atomic E-state index is -0.783. The predicted molar refractivity (Wildman–Crippen MR) is 92.9 cm³/mol. The highest BCUT2D eigenvalue weighted by molar-refractivity contribution is 6.31. The highest BCUT2D eigenvalue weighted by Crippen LogP contribution is 2.34. The van der Waals surface area contributed by atoms with Crippen LogP contribution in [0, 0.1) is 27.4 Å². The number of phenols is 1. The van der Waals surface area contributed by atoms with Crippen LogP contribution in [-0.4, -0.2) is 22.0 Å². The summed E-state index contributed by atoms with van der Waals surface area (Å²) in [5, 5.41) is 33.0. The van der Waals surface area contributed by atoms with E-state index in [0.29, 0.717) is 5.92 Å². The summed E-state index contributed by atoms with van der Waals surface area (Å²) in [5.41, 5.74) is -0.885. The van der Waals surface area contributed by atoms with Gasteiger partial charge in [-0.15, -0.1) is 0 Å². The van der Waals surface area contributed by atoms with E-state index in [1.54, 1.807) is 6.07 Å². The molecule has 0 radical (unpaired) electrons. The first kappa shape index (κ1) is 18.7. The number of carbonyl (C=O) groups excluding carboxylic acids is 1. The van der Waals surface area contributed by atoms with Crippen LogP contribution < -0.4 is 5.32 Å². The first-order chi connectivity index (χ1) is 11.8. The normalized spacial score (nSPS) is 20.6. The molecule has 0 aliphatic heterocycles. The fourth-order valence-electron chi connectivity index (χ4n) is 2.94. The third kappa shape index (κ3) is 4.48. The van der Waals surface area contributed by atoms with E-state index in [9.17, 15) is 25.3 Å². The van der Waals surface area contributed by atoms with E-state index < -0.39 is 22.3 Å². The van der Waals surface area contributed by atoms with Crippen LogP contribution in [0.4, 0.5) is 5.69 Å². The minimum Gasteiger partial charge on any atom is -0.502 e. The van der Waals surface area contributed by atoms with Crippen LogP contribution in [0.5, 0.6) is 5.75 Å². The number of hydrogen-bond acceptors (Lipinski definition) is 5. The van der Waals surface area contributed by atoms with Crippen molar-refractivity contribution in [2.24, 2.45) is 5.92 Å². The molecule has 7 nitrogen and oxygen atoms in total. The van der Waals surface area contributed by atoms with E-state index in [0.717, 1.165) is 37.8 Å². The summed E-state index contributed by atoms with van der Waals surface area (Å²) in [6, 6.07) is 4.03. The Morgan fingerprint density at radius 2 is 2.16 bits per heavy atom. The Bertz CT molecular complexity index is 770. The van der Waals surface area contributed by atoms with Gasteiger partial charge in [-0.2, -0.15) is 5.26 Å². The average molecular weight is 364 g/mol. The summed E-state index contributed by atoms with van der Waals surface area (Å²) in [7, 11) is 0. The average Bonchev–Trinajstić information content (AvgIpc) is 2.56. The van der Waals surface area contributed by atoms with Gasteiger partial charge in [-0.25, -0.2) is 0 Å². The standard InChI is InChI=1S/C17H18ClN3O4/c1-10-4-2-3-5-14(10)20-17(23)12(9-19)6-11-7-13(18)8-15(16(11)22)21(24)25/h6-8,10,14,22H,2-5H2,1H3,(H,20,23)/b12-6+. The Morgan fingerprint density at radius 1 is 1.48 bits per heavy atom. The van der Waals surface area contributed by atoms with E-state index in [-0.39, 0.29) is 22.2 Å². The molecule has 8 heteroatoms. The molecule has 2 rings (SSSR count). The molecule has 132 valence electrons. The number of halogens is 1. The van der Waals surface area contributed by atoms with Crippen LogP contribution >= 0.6 is 11.6 Å². The van der Waals surface area contributed by atoms with E-state index >= 15 is 0 Å². The number of phenolic OH excluding ortho intramolecular Hbond substituents is 1. The number of rotatable bonds is 4.